The predicted molar refractivity (Wildman–Crippen MR) is 113 cm³/mol. The van der Waals surface area contributed by atoms with E-state index in [9.17, 15) is 14.9 Å². The van der Waals surface area contributed by atoms with Gasteiger partial charge < -0.3 is 11.1 Å². The molecule has 0 aliphatic carbocycles. The van der Waals surface area contributed by atoms with Crippen LogP contribution in [0.1, 0.15) is 18.2 Å². The Kier molecular flexibility index (Phi) is 6.46. The number of amides is 2. The fraction of sp³-hybridized carbons (Fsp3) is 0.158. The molecule has 0 radical (unpaired) electrons. The number of carbonyl (C=O) groups is 2. The summed E-state index contributed by atoms with van der Waals surface area (Å²) in [6, 6.07) is 13.6. The van der Waals surface area contributed by atoms with Crippen LogP contribution >= 0.6 is 34.4 Å². The number of nitriles is 1. The largest absolute Gasteiger partial charge is 0.369 e. The van der Waals surface area contributed by atoms with E-state index >= 15 is 0 Å². The standard InChI is InChI=1S/C19H16N4O2S3/c1-11(17(21)25)27-19-22-14(10-26-19)8-16(24)23-18-13(9-20)7-15(28-18)12-5-3-2-4-6-12/h2-7,10-11H,8H2,1H3,(H2,21,25)(H,23,24). The number of thiophene rings is 1. The van der Waals surface area contributed by atoms with Crippen molar-refractivity contribution in [2.75, 3.05) is 5.32 Å². The average molecular weight is 429 g/mol. The Morgan fingerprint density at radius 3 is 2.79 bits per heavy atom. The van der Waals surface area contributed by atoms with Crippen LogP contribution in [-0.4, -0.2) is 22.0 Å². The molecule has 3 aromatic rings. The van der Waals surface area contributed by atoms with Crippen molar-refractivity contribution in [1.82, 2.24) is 4.98 Å². The Labute approximate surface area is 174 Å². The molecular weight excluding hydrogens is 412 g/mol. The van der Waals surface area contributed by atoms with Crippen LogP contribution in [-0.2, 0) is 16.0 Å². The van der Waals surface area contributed by atoms with Crippen LogP contribution in [0.15, 0.2) is 46.1 Å². The van der Waals surface area contributed by atoms with E-state index in [0.717, 1.165) is 10.4 Å². The minimum Gasteiger partial charge on any atom is -0.369 e. The van der Waals surface area contributed by atoms with Gasteiger partial charge in [-0.3, -0.25) is 9.59 Å². The lowest BCUT2D eigenvalue weighted by molar-refractivity contribution is -0.117. The van der Waals surface area contributed by atoms with Crippen molar-refractivity contribution in [2.24, 2.45) is 5.73 Å². The third kappa shape index (κ3) is 4.98. The summed E-state index contributed by atoms with van der Waals surface area (Å²) in [4.78, 5) is 28.8. The zero-order valence-electron chi connectivity index (χ0n) is 14.8. The normalized spacial score (nSPS) is 11.6. The zero-order valence-corrected chi connectivity index (χ0v) is 17.3. The molecule has 2 heterocycles. The smallest absolute Gasteiger partial charge is 0.231 e. The van der Waals surface area contributed by atoms with Gasteiger partial charge in [-0.25, -0.2) is 4.98 Å². The third-order valence-corrected chi connectivity index (χ3v) is 6.95. The Hall–Kier alpha value is -2.67. The molecule has 1 atom stereocenters. The van der Waals surface area contributed by atoms with Crippen LogP contribution in [0.25, 0.3) is 10.4 Å². The molecule has 0 fully saturated rings. The van der Waals surface area contributed by atoms with Gasteiger partial charge in [-0.15, -0.1) is 22.7 Å². The van der Waals surface area contributed by atoms with E-state index in [0.29, 0.717) is 20.6 Å². The Balaban J connectivity index is 1.67. The van der Waals surface area contributed by atoms with E-state index in [2.05, 4.69) is 16.4 Å². The third-order valence-electron chi connectivity index (χ3n) is 3.71. The number of benzene rings is 1. The molecule has 3 N–H and O–H groups in total. The van der Waals surface area contributed by atoms with Gasteiger partial charge in [-0.05, 0) is 18.6 Å². The number of nitrogens with two attached hydrogens (primary N) is 1. The maximum Gasteiger partial charge on any atom is 0.231 e. The predicted octanol–water partition coefficient (Wildman–Crippen LogP) is 3.89. The quantitative estimate of drug-likeness (QED) is 0.555. The molecule has 0 saturated carbocycles. The van der Waals surface area contributed by atoms with E-state index in [1.54, 1.807) is 18.4 Å². The van der Waals surface area contributed by atoms with Crippen LogP contribution in [0.4, 0.5) is 5.00 Å². The second-order valence-corrected chi connectivity index (χ2v) is 9.32. The van der Waals surface area contributed by atoms with Crippen molar-refractivity contribution in [1.29, 1.82) is 5.26 Å². The molecule has 2 aromatic heterocycles. The van der Waals surface area contributed by atoms with Crippen molar-refractivity contribution >= 4 is 51.3 Å². The van der Waals surface area contributed by atoms with Crippen LogP contribution in [0.3, 0.4) is 0 Å². The molecule has 1 aromatic carbocycles. The van der Waals surface area contributed by atoms with Crippen LogP contribution < -0.4 is 11.1 Å². The first-order chi connectivity index (χ1) is 13.5. The number of thioether (sulfide) groups is 1. The van der Waals surface area contributed by atoms with Gasteiger partial charge in [-0.1, -0.05) is 42.1 Å². The molecule has 0 aliphatic rings. The number of anilines is 1. The summed E-state index contributed by atoms with van der Waals surface area (Å²) in [7, 11) is 0. The highest BCUT2D eigenvalue weighted by Crippen LogP contribution is 2.35. The van der Waals surface area contributed by atoms with Gasteiger partial charge in [0.25, 0.3) is 0 Å². The number of carbonyl (C=O) groups excluding carboxylic acids is 2. The average Bonchev–Trinajstić information content (AvgIpc) is 3.29. The van der Waals surface area contributed by atoms with Gasteiger partial charge in [0.1, 0.15) is 11.1 Å². The number of rotatable bonds is 7. The number of primary amides is 1. The SMILES string of the molecule is CC(Sc1nc(CC(=O)Nc2sc(-c3ccccc3)cc2C#N)cs1)C(N)=O. The zero-order chi connectivity index (χ0) is 20.1. The first kappa shape index (κ1) is 20.1. The summed E-state index contributed by atoms with van der Waals surface area (Å²) in [5, 5.41) is 14.1. The monoisotopic (exact) mass is 428 g/mol. The lowest BCUT2D eigenvalue weighted by Crippen LogP contribution is -2.22. The number of hydrogen-bond acceptors (Lipinski definition) is 7. The van der Waals surface area contributed by atoms with Crippen molar-refractivity contribution in [3.63, 3.8) is 0 Å². The summed E-state index contributed by atoms with van der Waals surface area (Å²) >= 11 is 4.00. The summed E-state index contributed by atoms with van der Waals surface area (Å²) in [6.07, 6.45) is 0.0887. The molecule has 0 aliphatic heterocycles. The molecule has 0 spiro atoms. The van der Waals surface area contributed by atoms with E-state index in [1.807, 2.05) is 30.3 Å². The van der Waals surface area contributed by atoms with Gasteiger partial charge in [0.2, 0.25) is 11.8 Å². The topological polar surface area (TPSA) is 109 Å². The second kappa shape index (κ2) is 9.01. The summed E-state index contributed by atoms with van der Waals surface area (Å²) in [6.45, 7) is 1.71. The molecular formula is C19H16N4O2S3. The summed E-state index contributed by atoms with van der Waals surface area (Å²) in [5.74, 6) is -0.654. The molecule has 28 heavy (non-hydrogen) atoms. The van der Waals surface area contributed by atoms with Crippen LogP contribution in [0.5, 0.6) is 0 Å². The number of thiazole rings is 1. The Bertz CT molecular complexity index is 1040. The minimum absolute atomic E-state index is 0.0887. The van der Waals surface area contributed by atoms with E-state index < -0.39 is 5.91 Å². The van der Waals surface area contributed by atoms with Crippen LogP contribution in [0, 0.1) is 11.3 Å². The van der Waals surface area contributed by atoms with Gasteiger partial charge in [0, 0.05) is 10.3 Å². The number of nitrogens with one attached hydrogen (secondary N) is 1. The van der Waals surface area contributed by atoms with Crippen LogP contribution in [0.2, 0.25) is 0 Å². The number of hydrogen-bond donors (Lipinski definition) is 2. The molecule has 9 heteroatoms. The molecule has 0 bridgehead atoms. The van der Waals surface area contributed by atoms with E-state index in [1.165, 1.54) is 34.4 Å². The fourth-order valence-electron chi connectivity index (χ4n) is 2.28. The van der Waals surface area contributed by atoms with Gasteiger partial charge in [-0.2, -0.15) is 5.26 Å². The molecule has 6 nitrogen and oxygen atoms in total. The lowest BCUT2D eigenvalue weighted by atomic mass is 10.2. The highest BCUT2D eigenvalue weighted by Gasteiger charge is 2.16. The Morgan fingerprint density at radius 1 is 1.36 bits per heavy atom. The second-order valence-electron chi connectivity index (χ2n) is 5.82. The summed E-state index contributed by atoms with van der Waals surface area (Å²) < 4.78 is 0.689. The molecule has 0 saturated heterocycles. The first-order valence-corrected chi connectivity index (χ1v) is 10.8. The number of aromatic nitrogens is 1. The summed E-state index contributed by atoms with van der Waals surface area (Å²) in [5.41, 5.74) is 7.29. The highest BCUT2D eigenvalue weighted by molar-refractivity contribution is 8.02. The van der Waals surface area contributed by atoms with Gasteiger partial charge in [0.05, 0.1) is 22.9 Å². The lowest BCUT2D eigenvalue weighted by Gasteiger charge is -2.03. The van der Waals surface area contributed by atoms with Gasteiger partial charge >= 0.3 is 0 Å². The molecule has 3 rings (SSSR count). The minimum atomic E-state index is -0.407. The fourth-order valence-corrected chi connectivity index (χ4v) is 5.24. The highest BCUT2D eigenvalue weighted by atomic mass is 32.2. The van der Waals surface area contributed by atoms with Crippen molar-refractivity contribution in [2.45, 2.75) is 22.9 Å². The first-order valence-electron chi connectivity index (χ1n) is 8.26. The van der Waals surface area contributed by atoms with E-state index in [-0.39, 0.29) is 17.6 Å². The van der Waals surface area contributed by atoms with Gasteiger partial charge in [0.15, 0.2) is 4.34 Å². The molecule has 142 valence electrons. The van der Waals surface area contributed by atoms with Crippen molar-refractivity contribution < 1.29 is 9.59 Å². The molecule has 2 amide bonds. The van der Waals surface area contributed by atoms with Crippen molar-refractivity contribution in [3.8, 4) is 16.5 Å². The number of nitrogens with zero attached hydrogens (tertiary/aromatic N) is 2. The van der Waals surface area contributed by atoms with Crippen molar-refractivity contribution in [3.05, 3.63) is 53.0 Å². The molecule has 1 unspecified atom stereocenters. The maximum absolute atomic E-state index is 12.4. The van der Waals surface area contributed by atoms with E-state index in [4.69, 9.17) is 5.73 Å². The maximum atomic E-state index is 12.4. The Morgan fingerprint density at radius 2 is 2.11 bits per heavy atom.